The molecule has 0 unspecified atom stereocenters. The van der Waals surface area contributed by atoms with Crippen molar-refractivity contribution in [3.63, 3.8) is 0 Å². The van der Waals surface area contributed by atoms with Crippen molar-refractivity contribution >= 4 is 0 Å². The highest BCUT2D eigenvalue weighted by atomic mass is 16.5. The molecule has 1 aromatic heterocycles. The SMILES string of the molecule is C.CC.Cc1noc(C)c1C. The Kier molecular flexibility index (Phi) is 6.96. The van der Waals surface area contributed by atoms with Crippen LogP contribution in [0.1, 0.15) is 38.3 Å². The van der Waals surface area contributed by atoms with Gasteiger partial charge in [-0.15, -0.1) is 0 Å². The molecule has 0 amide bonds. The van der Waals surface area contributed by atoms with E-state index < -0.39 is 0 Å². The van der Waals surface area contributed by atoms with Crippen LogP contribution in [0.5, 0.6) is 0 Å². The lowest BCUT2D eigenvalue weighted by atomic mass is 10.2. The molecule has 0 saturated carbocycles. The molecule has 11 heavy (non-hydrogen) atoms. The standard InChI is InChI=1S/C6H9NO.C2H6.CH4/c1-4-5(2)7-8-6(4)3;1-2;/h1-3H3;1-2H3;1H4. The van der Waals surface area contributed by atoms with E-state index in [1.807, 2.05) is 34.6 Å². The molecule has 0 aromatic carbocycles. The first-order valence-electron chi connectivity index (χ1n) is 3.61. The van der Waals surface area contributed by atoms with E-state index in [1.54, 1.807) is 0 Å². The Morgan fingerprint density at radius 3 is 1.64 bits per heavy atom. The van der Waals surface area contributed by atoms with Crippen LogP contribution >= 0.6 is 0 Å². The van der Waals surface area contributed by atoms with Crippen LogP contribution in [-0.4, -0.2) is 5.16 Å². The third-order valence-electron chi connectivity index (χ3n) is 1.39. The summed E-state index contributed by atoms with van der Waals surface area (Å²) in [5.74, 6) is 0.919. The first-order valence-corrected chi connectivity index (χ1v) is 3.61. The summed E-state index contributed by atoms with van der Waals surface area (Å²) in [6.45, 7) is 9.85. The molecular formula is C9H19NO. The van der Waals surface area contributed by atoms with Crippen LogP contribution in [0.2, 0.25) is 0 Å². The predicted octanol–water partition coefficient (Wildman–Crippen LogP) is 3.26. The van der Waals surface area contributed by atoms with Crippen molar-refractivity contribution < 1.29 is 4.52 Å². The van der Waals surface area contributed by atoms with Crippen LogP contribution in [0.15, 0.2) is 4.52 Å². The lowest BCUT2D eigenvalue weighted by Gasteiger charge is -1.80. The van der Waals surface area contributed by atoms with Crippen molar-refractivity contribution in [1.82, 2.24) is 5.16 Å². The van der Waals surface area contributed by atoms with Crippen LogP contribution in [0.4, 0.5) is 0 Å². The van der Waals surface area contributed by atoms with E-state index >= 15 is 0 Å². The summed E-state index contributed by atoms with van der Waals surface area (Å²) in [5.41, 5.74) is 2.15. The van der Waals surface area contributed by atoms with Crippen molar-refractivity contribution in [1.29, 1.82) is 0 Å². The van der Waals surface area contributed by atoms with Crippen molar-refractivity contribution in [3.05, 3.63) is 17.0 Å². The van der Waals surface area contributed by atoms with Gasteiger partial charge >= 0.3 is 0 Å². The van der Waals surface area contributed by atoms with E-state index in [-0.39, 0.29) is 7.43 Å². The Hall–Kier alpha value is -0.790. The van der Waals surface area contributed by atoms with E-state index in [2.05, 4.69) is 5.16 Å². The van der Waals surface area contributed by atoms with Crippen LogP contribution in [0.25, 0.3) is 0 Å². The van der Waals surface area contributed by atoms with Gasteiger partial charge in [0.05, 0.1) is 5.69 Å². The minimum absolute atomic E-state index is 0. The van der Waals surface area contributed by atoms with Crippen LogP contribution in [-0.2, 0) is 0 Å². The highest BCUT2D eigenvalue weighted by Crippen LogP contribution is 2.08. The van der Waals surface area contributed by atoms with Crippen molar-refractivity contribution in [3.8, 4) is 0 Å². The summed E-state index contributed by atoms with van der Waals surface area (Å²) < 4.78 is 4.84. The normalized spacial score (nSPS) is 7.73. The van der Waals surface area contributed by atoms with Crippen molar-refractivity contribution in [2.45, 2.75) is 42.0 Å². The molecule has 0 saturated heterocycles. The van der Waals surface area contributed by atoms with Gasteiger partial charge in [-0.25, -0.2) is 0 Å². The van der Waals surface area contributed by atoms with Gasteiger partial charge in [0.25, 0.3) is 0 Å². The van der Waals surface area contributed by atoms with Crippen molar-refractivity contribution in [2.24, 2.45) is 0 Å². The van der Waals surface area contributed by atoms with Gasteiger partial charge in [0, 0.05) is 5.56 Å². The first-order chi connectivity index (χ1) is 4.72. The zero-order valence-electron chi connectivity index (χ0n) is 7.36. The zero-order valence-corrected chi connectivity index (χ0v) is 7.36. The fraction of sp³-hybridized carbons (Fsp3) is 0.667. The molecule has 0 N–H and O–H groups in total. The molecule has 0 fully saturated rings. The molecule has 0 spiro atoms. The van der Waals surface area contributed by atoms with Gasteiger partial charge in [0.1, 0.15) is 5.76 Å². The van der Waals surface area contributed by atoms with E-state index in [9.17, 15) is 0 Å². The molecule has 0 atom stereocenters. The molecule has 1 rings (SSSR count). The highest BCUT2D eigenvalue weighted by molar-refractivity contribution is 5.17. The minimum atomic E-state index is 0. The second-order valence-electron chi connectivity index (χ2n) is 1.95. The summed E-state index contributed by atoms with van der Waals surface area (Å²) in [7, 11) is 0. The smallest absolute Gasteiger partial charge is 0.136 e. The fourth-order valence-corrected chi connectivity index (χ4v) is 0.529. The Morgan fingerprint density at radius 1 is 1.09 bits per heavy atom. The van der Waals surface area contributed by atoms with Gasteiger partial charge < -0.3 is 4.52 Å². The number of hydrogen-bond donors (Lipinski definition) is 0. The Morgan fingerprint density at radius 2 is 1.55 bits per heavy atom. The number of nitrogens with zero attached hydrogens (tertiary/aromatic N) is 1. The summed E-state index contributed by atoms with van der Waals surface area (Å²) in [6, 6.07) is 0. The average molecular weight is 157 g/mol. The van der Waals surface area contributed by atoms with Gasteiger partial charge in [0.15, 0.2) is 0 Å². The molecule has 0 aliphatic carbocycles. The maximum atomic E-state index is 4.84. The molecule has 2 heteroatoms. The molecule has 0 aliphatic rings. The third-order valence-corrected chi connectivity index (χ3v) is 1.39. The first kappa shape index (κ1) is 12.8. The number of aromatic nitrogens is 1. The minimum Gasteiger partial charge on any atom is -0.361 e. The van der Waals surface area contributed by atoms with Gasteiger partial charge in [-0.05, 0) is 20.8 Å². The summed E-state index contributed by atoms with van der Waals surface area (Å²) in [5, 5.41) is 3.74. The zero-order chi connectivity index (χ0) is 8.15. The van der Waals surface area contributed by atoms with Crippen LogP contribution in [0, 0.1) is 20.8 Å². The Labute approximate surface area is 69.6 Å². The topological polar surface area (TPSA) is 26.0 Å². The monoisotopic (exact) mass is 157 g/mol. The van der Waals surface area contributed by atoms with E-state index in [4.69, 9.17) is 4.52 Å². The van der Waals surface area contributed by atoms with Gasteiger partial charge in [-0.1, -0.05) is 26.4 Å². The number of hydrogen-bond acceptors (Lipinski definition) is 2. The molecule has 66 valence electrons. The van der Waals surface area contributed by atoms with Gasteiger partial charge in [0.2, 0.25) is 0 Å². The lowest BCUT2D eigenvalue weighted by molar-refractivity contribution is 0.392. The highest BCUT2D eigenvalue weighted by Gasteiger charge is 1.99. The predicted molar refractivity (Wildman–Crippen MR) is 48.8 cm³/mol. The van der Waals surface area contributed by atoms with E-state index in [0.717, 1.165) is 17.0 Å². The maximum Gasteiger partial charge on any atom is 0.136 e. The summed E-state index contributed by atoms with van der Waals surface area (Å²) in [4.78, 5) is 0. The largest absolute Gasteiger partial charge is 0.361 e. The Balaban J connectivity index is 0. The summed E-state index contributed by atoms with van der Waals surface area (Å²) >= 11 is 0. The van der Waals surface area contributed by atoms with Crippen LogP contribution in [0.3, 0.4) is 0 Å². The van der Waals surface area contributed by atoms with E-state index in [0.29, 0.717) is 0 Å². The average Bonchev–Trinajstić information content (AvgIpc) is 2.25. The second kappa shape index (κ2) is 5.96. The number of rotatable bonds is 0. The van der Waals surface area contributed by atoms with Crippen molar-refractivity contribution in [2.75, 3.05) is 0 Å². The van der Waals surface area contributed by atoms with Gasteiger partial charge in [-0.2, -0.15) is 0 Å². The second-order valence-corrected chi connectivity index (χ2v) is 1.95. The molecular weight excluding hydrogens is 138 g/mol. The molecule has 1 heterocycles. The molecule has 2 nitrogen and oxygen atoms in total. The summed E-state index contributed by atoms with van der Waals surface area (Å²) in [6.07, 6.45) is 0. The molecule has 0 aliphatic heterocycles. The molecule has 0 radical (unpaired) electrons. The van der Waals surface area contributed by atoms with Crippen LogP contribution < -0.4 is 0 Å². The number of aryl methyl sites for hydroxylation is 2. The van der Waals surface area contributed by atoms with Gasteiger partial charge in [-0.3, -0.25) is 0 Å². The maximum absolute atomic E-state index is 4.84. The fourth-order valence-electron chi connectivity index (χ4n) is 0.529. The lowest BCUT2D eigenvalue weighted by Crippen LogP contribution is -1.73. The quantitative estimate of drug-likeness (QED) is 0.577. The molecule has 1 aromatic rings. The molecule has 0 bridgehead atoms. The third kappa shape index (κ3) is 3.21. The van der Waals surface area contributed by atoms with E-state index in [1.165, 1.54) is 0 Å². The Bertz CT molecular complexity index is 172.